The van der Waals surface area contributed by atoms with Crippen molar-refractivity contribution < 1.29 is 4.79 Å². The molecule has 2 aromatic carbocycles. The SMILES string of the molecule is O=C(c1nnn(-c2ccc(Cl)cc2)c1-c1ccccc1)N1C[C@H]2C[C@@H](C1)c1cccc(=O)n1C2. The number of fused-ring (bicyclic) bond motifs is 4. The van der Waals surface area contributed by atoms with Gasteiger partial charge in [0.2, 0.25) is 0 Å². The van der Waals surface area contributed by atoms with Gasteiger partial charge in [-0.2, -0.15) is 0 Å². The minimum absolute atomic E-state index is 0.0317. The second-order valence-corrected chi connectivity index (χ2v) is 9.39. The Hall–Kier alpha value is -3.71. The fourth-order valence-electron chi connectivity index (χ4n) is 5.26. The van der Waals surface area contributed by atoms with Crippen LogP contribution in [0.5, 0.6) is 0 Å². The number of piperidine rings is 1. The van der Waals surface area contributed by atoms with Gasteiger partial charge in [0.25, 0.3) is 11.5 Å². The lowest BCUT2D eigenvalue weighted by atomic mass is 9.83. The summed E-state index contributed by atoms with van der Waals surface area (Å²) >= 11 is 6.08. The number of hydrogen-bond donors (Lipinski definition) is 0. The summed E-state index contributed by atoms with van der Waals surface area (Å²) in [5.74, 6) is 0.235. The van der Waals surface area contributed by atoms with Crippen molar-refractivity contribution in [2.24, 2.45) is 5.92 Å². The molecule has 6 rings (SSSR count). The first-order valence-electron chi connectivity index (χ1n) is 11.3. The largest absolute Gasteiger partial charge is 0.336 e. The third-order valence-corrected chi connectivity index (χ3v) is 7.01. The molecule has 2 aromatic heterocycles. The van der Waals surface area contributed by atoms with E-state index < -0.39 is 0 Å². The summed E-state index contributed by atoms with van der Waals surface area (Å²) in [6.07, 6.45) is 0.982. The van der Waals surface area contributed by atoms with Gasteiger partial charge in [-0.25, -0.2) is 4.68 Å². The molecule has 0 unspecified atom stereocenters. The number of benzene rings is 2. The molecule has 2 atom stereocenters. The van der Waals surface area contributed by atoms with Gasteiger partial charge in [-0.05, 0) is 42.7 Å². The second-order valence-electron chi connectivity index (χ2n) is 8.95. The van der Waals surface area contributed by atoms with E-state index in [0.717, 1.165) is 23.4 Å². The average molecular weight is 472 g/mol. The molecule has 8 heteroatoms. The molecule has 0 aliphatic carbocycles. The van der Waals surface area contributed by atoms with E-state index in [-0.39, 0.29) is 23.3 Å². The van der Waals surface area contributed by atoms with Crippen LogP contribution in [0.4, 0.5) is 0 Å². The maximum Gasteiger partial charge on any atom is 0.276 e. The highest BCUT2D eigenvalue weighted by molar-refractivity contribution is 6.30. The number of pyridine rings is 1. The van der Waals surface area contributed by atoms with Crippen LogP contribution in [0.3, 0.4) is 0 Å². The zero-order valence-corrected chi connectivity index (χ0v) is 19.1. The lowest BCUT2D eigenvalue weighted by molar-refractivity contribution is 0.0589. The van der Waals surface area contributed by atoms with Crippen molar-refractivity contribution in [2.75, 3.05) is 13.1 Å². The van der Waals surface area contributed by atoms with E-state index in [1.54, 1.807) is 28.9 Å². The Morgan fingerprint density at radius 1 is 0.912 bits per heavy atom. The van der Waals surface area contributed by atoms with Crippen molar-refractivity contribution >= 4 is 17.5 Å². The predicted octanol–water partition coefficient (Wildman–Crippen LogP) is 4.01. The number of likely N-dealkylation sites (tertiary alicyclic amines) is 1. The monoisotopic (exact) mass is 471 g/mol. The van der Waals surface area contributed by atoms with Crippen LogP contribution in [0.1, 0.15) is 28.5 Å². The molecule has 2 aliphatic heterocycles. The van der Waals surface area contributed by atoms with E-state index in [4.69, 9.17) is 11.6 Å². The Morgan fingerprint density at radius 3 is 2.50 bits per heavy atom. The number of rotatable bonds is 3. The molecule has 1 saturated heterocycles. The van der Waals surface area contributed by atoms with E-state index in [9.17, 15) is 9.59 Å². The molecule has 0 radical (unpaired) electrons. The number of hydrogen-bond acceptors (Lipinski definition) is 4. The van der Waals surface area contributed by atoms with Crippen molar-refractivity contribution in [3.05, 3.63) is 99.6 Å². The van der Waals surface area contributed by atoms with E-state index in [0.29, 0.717) is 36.0 Å². The molecule has 4 aromatic rings. The Labute approximate surface area is 201 Å². The number of nitrogens with zero attached hydrogens (tertiary/aromatic N) is 5. The van der Waals surface area contributed by atoms with Gasteiger partial charge in [-0.15, -0.1) is 5.10 Å². The third kappa shape index (κ3) is 3.53. The molecule has 0 N–H and O–H groups in total. The minimum atomic E-state index is -0.138. The zero-order chi connectivity index (χ0) is 23.2. The summed E-state index contributed by atoms with van der Waals surface area (Å²) < 4.78 is 3.56. The first-order valence-corrected chi connectivity index (χ1v) is 11.7. The first-order chi connectivity index (χ1) is 16.6. The Kier molecular flexibility index (Phi) is 5.07. The van der Waals surface area contributed by atoms with Crippen molar-refractivity contribution in [2.45, 2.75) is 18.9 Å². The maximum absolute atomic E-state index is 13.8. The summed E-state index contributed by atoms with van der Waals surface area (Å²) in [4.78, 5) is 28.0. The highest BCUT2D eigenvalue weighted by Crippen LogP contribution is 2.36. The lowest BCUT2D eigenvalue weighted by Crippen LogP contribution is -2.49. The van der Waals surface area contributed by atoms with E-state index in [1.807, 2.05) is 58.0 Å². The van der Waals surface area contributed by atoms with E-state index >= 15 is 0 Å². The fourth-order valence-corrected chi connectivity index (χ4v) is 5.38. The van der Waals surface area contributed by atoms with Gasteiger partial charge in [0.1, 0.15) is 5.69 Å². The van der Waals surface area contributed by atoms with Gasteiger partial charge >= 0.3 is 0 Å². The smallest absolute Gasteiger partial charge is 0.276 e. The average Bonchev–Trinajstić information content (AvgIpc) is 3.30. The molecule has 7 nitrogen and oxygen atoms in total. The van der Waals surface area contributed by atoms with Gasteiger partial charge in [0.15, 0.2) is 5.69 Å². The molecule has 0 saturated carbocycles. The fraction of sp³-hybridized carbons (Fsp3) is 0.231. The Balaban J connectivity index is 1.39. The van der Waals surface area contributed by atoms with Gasteiger partial charge in [-0.3, -0.25) is 9.59 Å². The number of aromatic nitrogens is 4. The van der Waals surface area contributed by atoms with Crippen molar-refractivity contribution in [3.8, 4) is 16.9 Å². The van der Waals surface area contributed by atoms with Crippen LogP contribution in [0, 0.1) is 5.92 Å². The second kappa shape index (κ2) is 8.25. The number of carbonyl (C=O) groups is 1. The Morgan fingerprint density at radius 2 is 1.71 bits per heavy atom. The molecule has 170 valence electrons. The maximum atomic E-state index is 13.8. The summed E-state index contributed by atoms with van der Waals surface area (Å²) in [6.45, 7) is 1.79. The number of halogens is 1. The van der Waals surface area contributed by atoms with Crippen LogP contribution in [0.15, 0.2) is 77.6 Å². The molecule has 2 bridgehead atoms. The summed E-state index contributed by atoms with van der Waals surface area (Å²) in [5, 5.41) is 9.34. The van der Waals surface area contributed by atoms with Crippen LogP contribution >= 0.6 is 11.6 Å². The molecule has 2 aliphatic rings. The molecule has 34 heavy (non-hydrogen) atoms. The van der Waals surface area contributed by atoms with Gasteiger partial charge < -0.3 is 9.47 Å². The summed E-state index contributed by atoms with van der Waals surface area (Å²) in [6, 6.07) is 22.4. The zero-order valence-electron chi connectivity index (χ0n) is 18.3. The Bertz CT molecular complexity index is 1430. The molecule has 1 amide bonds. The molecule has 1 fully saturated rings. The van der Waals surface area contributed by atoms with Crippen LogP contribution < -0.4 is 5.56 Å². The first kappa shape index (κ1) is 20.9. The third-order valence-electron chi connectivity index (χ3n) is 6.76. The topological polar surface area (TPSA) is 73.0 Å². The highest BCUT2D eigenvalue weighted by atomic mass is 35.5. The van der Waals surface area contributed by atoms with Gasteiger partial charge in [-0.1, -0.05) is 53.2 Å². The van der Waals surface area contributed by atoms with Gasteiger partial charge in [0.05, 0.1) is 5.69 Å². The van der Waals surface area contributed by atoms with E-state index in [1.165, 1.54) is 0 Å². The van der Waals surface area contributed by atoms with Gasteiger partial charge in [0, 0.05) is 47.9 Å². The lowest BCUT2D eigenvalue weighted by Gasteiger charge is -2.42. The standard InChI is InChI=1S/C26H22ClN5O2/c27-20-9-11-21(12-10-20)32-25(18-5-2-1-3-6-18)24(28-29-32)26(34)30-14-17-13-19(16-30)22-7-4-8-23(33)31(22)15-17/h1-12,17,19H,13-16H2/t17-,19+/m1/s1. The van der Waals surface area contributed by atoms with Crippen molar-refractivity contribution in [3.63, 3.8) is 0 Å². The van der Waals surface area contributed by atoms with Crippen molar-refractivity contribution in [1.82, 2.24) is 24.5 Å². The highest BCUT2D eigenvalue weighted by Gasteiger charge is 2.38. The normalized spacial score (nSPS) is 19.0. The summed E-state index contributed by atoms with van der Waals surface area (Å²) in [7, 11) is 0. The summed E-state index contributed by atoms with van der Waals surface area (Å²) in [5.41, 5.74) is 3.66. The molecular formula is C26H22ClN5O2. The molecule has 0 spiro atoms. The predicted molar refractivity (Wildman–Crippen MR) is 129 cm³/mol. The molecular weight excluding hydrogens is 450 g/mol. The number of amides is 1. The number of carbonyl (C=O) groups excluding carboxylic acids is 1. The quantitative estimate of drug-likeness (QED) is 0.452. The van der Waals surface area contributed by atoms with Crippen LogP contribution in [-0.4, -0.2) is 43.5 Å². The van der Waals surface area contributed by atoms with Crippen LogP contribution in [0.2, 0.25) is 5.02 Å². The molecule has 4 heterocycles. The minimum Gasteiger partial charge on any atom is -0.336 e. The van der Waals surface area contributed by atoms with Crippen LogP contribution in [0.25, 0.3) is 16.9 Å². The van der Waals surface area contributed by atoms with Crippen molar-refractivity contribution in [1.29, 1.82) is 0 Å². The van der Waals surface area contributed by atoms with Crippen LogP contribution in [-0.2, 0) is 6.54 Å². The van der Waals surface area contributed by atoms with E-state index in [2.05, 4.69) is 10.3 Å².